The van der Waals surface area contributed by atoms with E-state index in [1.807, 2.05) is 0 Å². The Balaban J connectivity index is 1.73. The van der Waals surface area contributed by atoms with E-state index in [2.05, 4.69) is 11.8 Å². The molecule has 2 rings (SSSR count). The summed E-state index contributed by atoms with van der Waals surface area (Å²) >= 11 is 0. The fourth-order valence-electron chi connectivity index (χ4n) is 2.81. The normalized spacial score (nSPS) is 30.0. The quantitative estimate of drug-likeness (QED) is 0.776. The highest BCUT2D eigenvalue weighted by Crippen LogP contribution is 2.30. The fraction of sp³-hybridized carbons (Fsp3) is 1.00. The monoisotopic (exact) mass is 226 g/mol. The van der Waals surface area contributed by atoms with Gasteiger partial charge in [-0.1, -0.05) is 6.92 Å². The number of hydrogen-bond acceptors (Lipinski definition) is 3. The van der Waals surface area contributed by atoms with Crippen LogP contribution in [0.2, 0.25) is 0 Å². The lowest BCUT2D eigenvalue weighted by Gasteiger charge is -2.44. The van der Waals surface area contributed by atoms with Gasteiger partial charge in [0, 0.05) is 25.2 Å². The molecule has 1 heterocycles. The Kier molecular flexibility index (Phi) is 4.22. The van der Waals surface area contributed by atoms with Crippen LogP contribution in [0.25, 0.3) is 0 Å². The lowest BCUT2D eigenvalue weighted by Crippen LogP contribution is -2.57. The molecular formula is C13H26N2O. The largest absolute Gasteiger partial charge is 0.377 e. The first-order valence-electron chi connectivity index (χ1n) is 6.85. The zero-order valence-corrected chi connectivity index (χ0v) is 10.6. The average Bonchev–Trinajstić information content (AvgIpc) is 2.25. The second-order valence-electron chi connectivity index (χ2n) is 5.59. The van der Waals surface area contributed by atoms with Crippen molar-refractivity contribution >= 4 is 0 Å². The maximum absolute atomic E-state index is 6.30. The van der Waals surface area contributed by atoms with Gasteiger partial charge < -0.3 is 10.5 Å². The SMILES string of the molecule is CCCOC1CCCN(CC2(N)CCC2)C1. The van der Waals surface area contributed by atoms with E-state index in [9.17, 15) is 0 Å². The number of nitrogens with two attached hydrogens (primary N) is 1. The maximum Gasteiger partial charge on any atom is 0.0702 e. The molecule has 1 aliphatic carbocycles. The summed E-state index contributed by atoms with van der Waals surface area (Å²) < 4.78 is 5.85. The molecule has 0 amide bonds. The summed E-state index contributed by atoms with van der Waals surface area (Å²) in [5.74, 6) is 0. The standard InChI is InChI=1S/C13H26N2O/c1-2-9-16-12-5-3-8-15(10-12)11-13(14)6-4-7-13/h12H,2-11,14H2,1H3. The molecule has 0 bridgehead atoms. The van der Waals surface area contributed by atoms with Crippen LogP contribution in [0.3, 0.4) is 0 Å². The molecule has 2 N–H and O–H groups in total. The Bertz CT molecular complexity index is 216. The summed E-state index contributed by atoms with van der Waals surface area (Å²) in [4.78, 5) is 2.52. The van der Waals surface area contributed by atoms with Crippen molar-refractivity contribution in [3.05, 3.63) is 0 Å². The van der Waals surface area contributed by atoms with Crippen molar-refractivity contribution in [2.24, 2.45) is 5.73 Å². The number of piperidine rings is 1. The lowest BCUT2D eigenvalue weighted by atomic mass is 9.77. The van der Waals surface area contributed by atoms with E-state index >= 15 is 0 Å². The summed E-state index contributed by atoms with van der Waals surface area (Å²) in [6, 6.07) is 0. The molecule has 0 aromatic rings. The van der Waals surface area contributed by atoms with Gasteiger partial charge in [-0.3, -0.25) is 4.90 Å². The first-order chi connectivity index (χ1) is 7.72. The van der Waals surface area contributed by atoms with E-state index in [1.165, 1.54) is 38.6 Å². The van der Waals surface area contributed by atoms with Gasteiger partial charge in [-0.05, 0) is 45.1 Å². The van der Waals surface area contributed by atoms with Crippen molar-refractivity contribution in [2.45, 2.75) is 57.1 Å². The summed E-state index contributed by atoms with van der Waals surface area (Å²) in [6.45, 7) is 6.47. The van der Waals surface area contributed by atoms with Gasteiger partial charge in [0.15, 0.2) is 0 Å². The van der Waals surface area contributed by atoms with Crippen molar-refractivity contribution in [1.29, 1.82) is 0 Å². The molecule has 16 heavy (non-hydrogen) atoms. The van der Waals surface area contributed by atoms with Crippen LogP contribution in [-0.2, 0) is 4.74 Å². The lowest BCUT2D eigenvalue weighted by molar-refractivity contribution is -0.0101. The minimum atomic E-state index is 0.132. The zero-order valence-electron chi connectivity index (χ0n) is 10.6. The third-order valence-corrected chi connectivity index (χ3v) is 3.91. The van der Waals surface area contributed by atoms with Crippen LogP contribution in [0.15, 0.2) is 0 Å². The highest BCUT2D eigenvalue weighted by molar-refractivity contribution is 4.96. The minimum absolute atomic E-state index is 0.132. The highest BCUT2D eigenvalue weighted by Gasteiger charge is 2.35. The molecule has 1 saturated carbocycles. The second-order valence-corrected chi connectivity index (χ2v) is 5.59. The van der Waals surface area contributed by atoms with Gasteiger partial charge in [0.25, 0.3) is 0 Å². The van der Waals surface area contributed by atoms with Gasteiger partial charge in [-0.25, -0.2) is 0 Å². The highest BCUT2D eigenvalue weighted by atomic mass is 16.5. The van der Waals surface area contributed by atoms with Crippen molar-refractivity contribution < 1.29 is 4.74 Å². The molecule has 0 radical (unpaired) electrons. The van der Waals surface area contributed by atoms with Crippen LogP contribution in [0, 0.1) is 0 Å². The number of rotatable bonds is 5. The molecule has 2 fully saturated rings. The van der Waals surface area contributed by atoms with E-state index in [4.69, 9.17) is 10.5 Å². The predicted molar refractivity (Wildman–Crippen MR) is 66.5 cm³/mol. The Hall–Kier alpha value is -0.120. The molecule has 2 aliphatic rings. The molecule has 3 heteroatoms. The fourth-order valence-corrected chi connectivity index (χ4v) is 2.81. The van der Waals surface area contributed by atoms with E-state index < -0.39 is 0 Å². The maximum atomic E-state index is 6.30. The molecule has 1 atom stereocenters. The number of nitrogens with zero attached hydrogens (tertiary/aromatic N) is 1. The van der Waals surface area contributed by atoms with Crippen molar-refractivity contribution in [1.82, 2.24) is 4.90 Å². The van der Waals surface area contributed by atoms with Crippen molar-refractivity contribution in [3.8, 4) is 0 Å². The topological polar surface area (TPSA) is 38.5 Å². The molecule has 0 aromatic heterocycles. The van der Waals surface area contributed by atoms with E-state index in [1.54, 1.807) is 0 Å². The molecule has 0 aromatic carbocycles. The number of hydrogen-bond donors (Lipinski definition) is 1. The van der Waals surface area contributed by atoms with Gasteiger partial charge in [-0.2, -0.15) is 0 Å². The van der Waals surface area contributed by atoms with Crippen LogP contribution in [0.1, 0.15) is 45.4 Å². The van der Waals surface area contributed by atoms with Crippen LogP contribution in [-0.4, -0.2) is 42.8 Å². The van der Waals surface area contributed by atoms with E-state index in [0.29, 0.717) is 6.10 Å². The molecule has 0 spiro atoms. The Morgan fingerprint density at radius 2 is 2.19 bits per heavy atom. The molecule has 3 nitrogen and oxygen atoms in total. The zero-order chi connectivity index (χ0) is 11.4. The molecule has 1 unspecified atom stereocenters. The van der Waals surface area contributed by atoms with Crippen LogP contribution in [0.4, 0.5) is 0 Å². The van der Waals surface area contributed by atoms with E-state index in [-0.39, 0.29) is 5.54 Å². The van der Waals surface area contributed by atoms with Gasteiger partial charge in [-0.15, -0.1) is 0 Å². The van der Waals surface area contributed by atoms with Crippen molar-refractivity contribution in [2.75, 3.05) is 26.2 Å². The second kappa shape index (κ2) is 5.48. The average molecular weight is 226 g/mol. The summed E-state index contributed by atoms with van der Waals surface area (Å²) in [5, 5.41) is 0. The molecular weight excluding hydrogens is 200 g/mol. The Morgan fingerprint density at radius 3 is 2.81 bits per heavy atom. The van der Waals surface area contributed by atoms with E-state index in [0.717, 1.165) is 26.1 Å². The first-order valence-corrected chi connectivity index (χ1v) is 6.85. The third-order valence-electron chi connectivity index (χ3n) is 3.91. The van der Waals surface area contributed by atoms with Crippen LogP contribution in [0.5, 0.6) is 0 Å². The Labute approximate surface area is 99.3 Å². The molecule has 1 saturated heterocycles. The minimum Gasteiger partial charge on any atom is -0.377 e. The van der Waals surface area contributed by atoms with Gasteiger partial charge >= 0.3 is 0 Å². The molecule has 94 valence electrons. The first kappa shape index (κ1) is 12.3. The number of likely N-dealkylation sites (tertiary alicyclic amines) is 1. The van der Waals surface area contributed by atoms with Gasteiger partial charge in [0.1, 0.15) is 0 Å². The van der Waals surface area contributed by atoms with Gasteiger partial charge in [0.2, 0.25) is 0 Å². The Morgan fingerprint density at radius 1 is 1.38 bits per heavy atom. The molecule has 1 aliphatic heterocycles. The van der Waals surface area contributed by atoms with Crippen LogP contribution >= 0.6 is 0 Å². The summed E-state index contributed by atoms with van der Waals surface area (Å²) in [5.41, 5.74) is 6.43. The van der Waals surface area contributed by atoms with Crippen LogP contribution < -0.4 is 5.73 Å². The summed E-state index contributed by atoms with van der Waals surface area (Å²) in [7, 11) is 0. The third kappa shape index (κ3) is 3.19. The predicted octanol–water partition coefficient (Wildman–Crippen LogP) is 1.76. The van der Waals surface area contributed by atoms with Gasteiger partial charge in [0.05, 0.1) is 6.10 Å². The summed E-state index contributed by atoms with van der Waals surface area (Å²) in [6.07, 6.45) is 7.82. The smallest absolute Gasteiger partial charge is 0.0702 e. The number of ether oxygens (including phenoxy) is 1. The van der Waals surface area contributed by atoms with Crippen molar-refractivity contribution in [3.63, 3.8) is 0 Å².